The van der Waals surface area contributed by atoms with E-state index in [1.54, 1.807) is 36.4 Å². The van der Waals surface area contributed by atoms with Gasteiger partial charge in [-0.25, -0.2) is 0 Å². The molecule has 0 saturated heterocycles. The van der Waals surface area contributed by atoms with Crippen molar-refractivity contribution in [3.05, 3.63) is 149 Å². The predicted octanol–water partition coefficient (Wildman–Crippen LogP) is 7.52. The summed E-state index contributed by atoms with van der Waals surface area (Å²) in [6.45, 7) is 0. The minimum absolute atomic E-state index is 0.216. The van der Waals surface area contributed by atoms with E-state index in [2.05, 4.69) is 0 Å². The Morgan fingerprint density at radius 1 is 0.636 bits per heavy atom. The Bertz CT molecular complexity index is 1250. The standard InChI is InChI=1S/C30H23ClO2/c31-26-18-10-17-25(21-26)30(33)28(29(32)24-15-8-3-9-16-24)27(23-13-6-2-7-14-23)20-19-22-11-4-1-5-12-22/h1-21,27-28H/b20-19+. The summed E-state index contributed by atoms with van der Waals surface area (Å²) in [4.78, 5) is 27.6. The van der Waals surface area contributed by atoms with Crippen molar-refractivity contribution in [2.45, 2.75) is 5.92 Å². The fourth-order valence-electron chi connectivity index (χ4n) is 3.92. The first-order valence-electron chi connectivity index (χ1n) is 10.8. The van der Waals surface area contributed by atoms with Crippen molar-refractivity contribution in [1.29, 1.82) is 0 Å². The van der Waals surface area contributed by atoms with Crippen LogP contribution in [-0.4, -0.2) is 11.6 Å². The summed E-state index contributed by atoms with van der Waals surface area (Å²) < 4.78 is 0. The Labute approximate surface area is 199 Å². The summed E-state index contributed by atoms with van der Waals surface area (Å²) in [5.74, 6) is -1.86. The first-order valence-corrected chi connectivity index (χ1v) is 11.2. The molecule has 0 heterocycles. The van der Waals surface area contributed by atoms with Crippen molar-refractivity contribution < 1.29 is 9.59 Å². The third-order valence-electron chi connectivity index (χ3n) is 5.57. The zero-order valence-electron chi connectivity index (χ0n) is 18.0. The maximum absolute atomic E-state index is 13.8. The molecule has 0 aliphatic carbocycles. The molecular weight excluding hydrogens is 428 g/mol. The number of benzene rings is 4. The van der Waals surface area contributed by atoms with Gasteiger partial charge in [-0.15, -0.1) is 0 Å². The number of Topliss-reactive ketones (excluding diaryl/α,β-unsaturated/α-hetero) is 2. The molecule has 0 fully saturated rings. The Balaban J connectivity index is 1.84. The van der Waals surface area contributed by atoms with Crippen molar-refractivity contribution in [2.24, 2.45) is 5.92 Å². The maximum Gasteiger partial charge on any atom is 0.174 e. The molecule has 4 aromatic carbocycles. The van der Waals surface area contributed by atoms with Crippen molar-refractivity contribution in [1.82, 2.24) is 0 Å². The topological polar surface area (TPSA) is 34.1 Å². The van der Waals surface area contributed by atoms with Crippen LogP contribution in [0.2, 0.25) is 5.02 Å². The van der Waals surface area contributed by atoms with Crippen molar-refractivity contribution >= 4 is 29.2 Å². The fourth-order valence-corrected chi connectivity index (χ4v) is 4.11. The SMILES string of the molecule is O=C(c1ccccc1)C(C(=O)c1cccc(Cl)c1)C(/C=C/c1ccccc1)c1ccccc1. The highest BCUT2D eigenvalue weighted by atomic mass is 35.5. The lowest BCUT2D eigenvalue weighted by atomic mass is 9.76. The number of halogens is 1. The Hall–Kier alpha value is -3.75. The Morgan fingerprint density at radius 2 is 1.18 bits per heavy atom. The fraction of sp³-hybridized carbons (Fsp3) is 0.0667. The van der Waals surface area contributed by atoms with E-state index in [9.17, 15) is 9.59 Å². The van der Waals surface area contributed by atoms with Gasteiger partial charge in [-0.2, -0.15) is 0 Å². The lowest BCUT2D eigenvalue weighted by Crippen LogP contribution is -2.30. The summed E-state index contributed by atoms with van der Waals surface area (Å²) in [6.07, 6.45) is 3.92. The van der Waals surface area contributed by atoms with E-state index in [-0.39, 0.29) is 11.6 Å². The summed E-state index contributed by atoms with van der Waals surface area (Å²) in [5.41, 5.74) is 2.83. The molecule has 2 unspecified atom stereocenters. The zero-order chi connectivity index (χ0) is 23.0. The van der Waals surface area contributed by atoms with E-state index in [1.165, 1.54) is 0 Å². The number of hydrogen-bond donors (Lipinski definition) is 0. The number of carbonyl (C=O) groups excluding carboxylic acids is 2. The minimum atomic E-state index is -0.937. The van der Waals surface area contributed by atoms with Gasteiger partial charge in [-0.05, 0) is 23.3 Å². The van der Waals surface area contributed by atoms with Gasteiger partial charge in [0.1, 0.15) is 0 Å². The molecule has 2 atom stereocenters. The van der Waals surface area contributed by atoms with E-state index in [4.69, 9.17) is 11.6 Å². The predicted molar refractivity (Wildman–Crippen MR) is 135 cm³/mol. The third kappa shape index (κ3) is 5.54. The van der Waals surface area contributed by atoms with Crippen molar-refractivity contribution in [3.63, 3.8) is 0 Å². The number of allylic oxidation sites excluding steroid dienone is 1. The second-order valence-electron chi connectivity index (χ2n) is 7.79. The van der Waals surface area contributed by atoms with Gasteiger partial charge < -0.3 is 0 Å². The summed E-state index contributed by atoms with van der Waals surface area (Å²) in [7, 11) is 0. The molecule has 0 spiro atoms. The highest BCUT2D eigenvalue weighted by Gasteiger charge is 2.35. The first-order chi connectivity index (χ1) is 16.1. The van der Waals surface area contributed by atoms with Gasteiger partial charge in [-0.3, -0.25) is 9.59 Å². The van der Waals surface area contributed by atoms with Gasteiger partial charge in [0.2, 0.25) is 0 Å². The molecule has 4 aromatic rings. The van der Waals surface area contributed by atoms with E-state index >= 15 is 0 Å². The first kappa shape index (κ1) is 22.4. The second-order valence-corrected chi connectivity index (χ2v) is 8.23. The lowest BCUT2D eigenvalue weighted by molar-refractivity contribution is 0.0795. The monoisotopic (exact) mass is 450 g/mol. The van der Waals surface area contributed by atoms with Crippen LogP contribution in [0.4, 0.5) is 0 Å². The molecule has 0 bridgehead atoms. The lowest BCUT2D eigenvalue weighted by Gasteiger charge is -2.24. The Morgan fingerprint density at radius 3 is 1.82 bits per heavy atom. The van der Waals surface area contributed by atoms with Crippen LogP contribution in [0.1, 0.15) is 37.8 Å². The third-order valence-corrected chi connectivity index (χ3v) is 5.81. The summed E-state index contributed by atoms with van der Waals surface area (Å²) in [6, 6.07) is 35.3. The normalized spacial score (nSPS) is 12.9. The van der Waals surface area contributed by atoms with E-state index in [1.807, 2.05) is 91.0 Å². The van der Waals surface area contributed by atoms with Crippen LogP contribution < -0.4 is 0 Å². The van der Waals surface area contributed by atoms with Crippen molar-refractivity contribution in [2.75, 3.05) is 0 Å². The molecule has 0 aliphatic heterocycles. The number of ketones is 2. The van der Waals surface area contributed by atoms with E-state index in [0.717, 1.165) is 11.1 Å². The number of carbonyl (C=O) groups is 2. The molecule has 0 aromatic heterocycles. The largest absolute Gasteiger partial charge is 0.293 e. The van der Waals surface area contributed by atoms with E-state index < -0.39 is 11.8 Å². The van der Waals surface area contributed by atoms with Gasteiger partial charge in [-0.1, -0.05) is 127 Å². The van der Waals surface area contributed by atoms with Gasteiger partial charge >= 0.3 is 0 Å². The summed E-state index contributed by atoms with van der Waals surface area (Å²) in [5, 5.41) is 0.461. The van der Waals surface area contributed by atoms with Gasteiger partial charge in [0.05, 0.1) is 5.92 Å². The molecule has 0 N–H and O–H groups in total. The highest BCUT2D eigenvalue weighted by molar-refractivity contribution is 6.31. The van der Waals surface area contributed by atoms with Gasteiger partial charge in [0.25, 0.3) is 0 Å². The zero-order valence-corrected chi connectivity index (χ0v) is 18.7. The number of hydrogen-bond acceptors (Lipinski definition) is 2. The molecular formula is C30H23ClO2. The van der Waals surface area contributed by atoms with Crippen LogP contribution in [0.15, 0.2) is 121 Å². The second kappa shape index (κ2) is 10.7. The smallest absolute Gasteiger partial charge is 0.174 e. The molecule has 0 amide bonds. The molecule has 33 heavy (non-hydrogen) atoms. The molecule has 3 heteroatoms. The van der Waals surface area contributed by atoms with Crippen LogP contribution in [0.25, 0.3) is 6.08 Å². The molecule has 0 aliphatic rings. The summed E-state index contributed by atoms with van der Waals surface area (Å²) >= 11 is 6.18. The molecule has 4 rings (SSSR count). The molecule has 0 radical (unpaired) electrons. The number of rotatable bonds is 8. The molecule has 162 valence electrons. The van der Waals surface area contributed by atoms with Crippen LogP contribution in [0.5, 0.6) is 0 Å². The van der Waals surface area contributed by atoms with Crippen molar-refractivity contribution in [3.8, 4) is 0 Å². The van der Waals surface area contributed by atoms with E-state index in [0.29, 0.717) is 16.1 Å². The van der Waals surface area contributed by atoms with Crippen LogP contribution in [0.3, 0.4) is 0 Å². The van der Waals surface area contributed by atoms with Crippen LogP contribution in [-0.2, 0) is 0 Å². The average Bonchev–Trinajstić information content (AvgIpc) is 2.87. The van der Waals surface area contributed by atoms with Crippen LogP contribution in [0, 0.1) is 5.92 Å². The quantitative estimate of drug-likeness (QED) is 0.205. The molecule has 2 nitrogen and oxygen atoms in total. The van der Waals surface area contributed by atoms with Gasteiger partial charge in [0.15, 0.2) is 11.6 Å². The molecule has 0 saturated carbocycles. The van der Waals surface area contributed by atoms with Crippen LogP contribution >= 0.6 is 11.6 Å². The minimum Gasteiger partial charge on any atom is -0.293 e. The highest BCUT2D eigenvalue weighted by Crippen LogP contribution is 2.33. The Kier molecular flexibility index (Phi) is 7.29. The maximum atomic E-state index is 13.8. The average molecular weight is 451 g/mol. The van der Waals surface area contributed by atoms with Gasteiger partial charge in [0, 0.05) is 22.1 Å².